The van der Waals surface area contributed by atoms with Crippen molar-refractivity contribution in [3.05, 3.63) is 30.9 Å². The van der Waals surface area contributed by atoms with E-state index in [0.717, 1.165) is 0 Å². The first-order valence-corrected chi connectivity index (χ1v) is 4.00. The van der Waals surface area contributed by atoms with Crippen LogP contribution in [0.1, 0.15) is 5.82 Å². The van der Waals surface area contributed by atoms with Crippen LogP contribution in [0.3, 0.4) is 0 Å². The Morgan fingerprint density at radius 1 is 1.85 bits per heavy atom. The van der Waals surface area contributed by atoms with Gasteiger partial charge in [-0.1, -0.05) is 6.08 Å². The van der Waals surface area contributed by atoms with Crippen molar-refractivity contribution in [2.45, 2.75) is 0 Å². The molecular weight excluding hydrogens is 166 g/mol. The van der Waals surface area contributed by atoms with E-state index in [4.69, 9.17) is 0 Å². The monoisotopic (exact) mass is 179 g/mol. The topological polar surface area (TPSA) is 44.2 Å². The minimum absolute atomic E-state index is 0.213. The number of aryl methyl sites for hydroxylation is 2. The predicted molar refractivity (Wildman–Crippen MR) is 48.2 cm³/mol. The molecule has 0 radical (unpaired) electrons. The molecule has 0 atom stereocenters. The van der Waals surface area contributed by atoms with E-state index in [0.29, 0.717) is 12.4 Å². The van der Waals surface area contributed by atoms with Crippen LogP contribution in [0.15, 0.2) is 30.0 Å². The van der Waals surface area contributed by atoms with Gasteiger partial charge in [-0.3, -0.25) is 4.99 Å². The minimum Gasteiger partial charge on any atom is -0.853 e. The van der Waals surface area contributed by atoms with Gasteiger partial charge in [0, 0.05) is 0 Å². The molecule has 0 bridgehead atoms. The molecule has 0 aromatic carbocycles. The smallest absolute Gasteiger partial charge is 0.291 e. The molecule has 70 valence electrons. The van der Waals surface area contributed by atoms with E-state index >= 15 is 0 Å². The SMILES string of the molecule is C=CC/N=C(\[O-])c1n(C)cc[n+]1C. The Balaban J connectivity index is 2.99. The summed E-state index contributed by atoms with van der Waals surface area (Å²) in [5.74, 6) is 0.358. The van der Waals surface area contributed by atoms with Crippen molar-refractivity contribution in [2.24, 2.45) is 19.1 Å². The minimum atomic E-state index is -0.213. The number of imidazole rings is 1. The van der Waals surface area contributed by atoms with E-state index in [1.807, 2.05) is 26.5 Å². The Morgan fingerprint density at radius 2 is 2.54 bits per heavy atom. The highest BCUT2D eigenvalue weighted by Crippen LogP contribution is 1.90. The largest absolute Gasteiger partial charge is 0.853 e. The molecule has 0 aliphatic rings. The molecule has 13 heavy (non-hydrogen) atoms. The van der Waals surface area contributed by atoms with Crippen molar-refractivity contribution in [3.63, 3.8) is 0 Å². The highest BCUT2D eigenvalue weighted by Gasteiger charge is 2.10. The molecule has 0 amide bonds. The lowest BCUT2D eigenvalue weighted by Gasteiger charge is -2.06. The van der Waals surface area contributed by atoms with Crippen LogP contribution in [0.5, 0.6) is 0 Å². The second kappa shape index (κ2) is 3.89. The molecule has 0 aliphatic heterocycles. The Bertz CT molecular complexity index is 319. The lowest BCUT2D eigenvalue weighted by atomic mass is 10.5. The summed E-state index contributed by atoms with van der Waals surface area (Å²) in [4.78, 5) is 3.81. The average Bonchev–Trinajstić information content (AvgIpc) is 2.42. The molecule has 0 N–H and O–H groups in total. The average molecular weight is 179 g/mol. The molecule has 0 saturated heterocycles. The van der Waals surface area contributed by atoms with Crippen molar-refractivity contribution in [1.29, 1.82) is 0 Å². The van der Waals surface area contributed by atoms with Crippen molar-refractivity contribution in [1.82, 2.24) is 4.57 Å². The second-order valence-corrected chi connectivity index (χ2v) is 2.78. The molecule has 0 fully saturated rings. The molecule has 1 heterocycles. The third-order valence-electron chi connectivity index (χ3n) is 1.74. The van der Waals surface area contributed by atoms with Gasteiger partial charge in [0.15, 0.2) is 0 Å². The Kier molecular flexibility index (Phi) is 2.84. The Morgan fingerprint density at radius 3 is 3.00 bits per heavy atom. The first-order valence-electron chi connectivity index (χ1n) is 4.00. The zero-order valence-corrected chi connectivity index (χ0v) is 7.90. The maximum Gasteiger partial charge on any atom is 0.291 e. The van der Waals surface area contributed by atoms with Gasteiger partial charge in [0.2, 0.25) is 0 Å². The summed E-state index contributed by atoms with van der Waals surface area (Å²) in [5.41, 5.74) is 0. The van der Waals surface area contributed by atoms with Crippen LogP contribution in [-0.2, 0) is 14.1 Å². The van der Waals surface area contributed by atoms with Crippen LogP contribution in [0.4, 0.5) is 0 Å². The number of hydrogen-bond acceptors (Lipinski definition) is 2. The number of aliphatic imine (C=N–C) groups is 1. The molecule has 0 saturated carbocycles. The van der Waals surface area contributed by atoms with Crippen molar-refractivity contribution in [3.8, 4) is 0 Å². The second-order valence-electron chi connectivity index (χ2n) is 2.78. The van der Waals surface area contributed by atoms with E-state index in [1.54, 1.807) is 15.2 Å². The fraction of sp³-hybridized carbons (Fsp3) is 0.333. The molecule has 0 unspecified atom stereocenters. The van der Waals surface area contributed by atoms with Gasteiger partial charge in [0.25, 0.3) is 5.82 Å². The molecule has 1 aromatic rings. The number of rotatable bonds is 3. The van der Waals surface area contributed by atoms with E-state index < -0.39 is 0 Å². The number of nitrogens with zero attached hydrogens (tertiary/aromatic N) is 3. The lowest BCUT2D eigenvalue weighted by molar-refractivity contribution is -0.674. The molecule has 1 rings (SSSR count). The van der Waals surface area contributed by atoms with E-state index in [9.17, 15) is 5.11 Å². The summed E-state index contributed by atoms with van der Waals surface area (Å²) in [5, 5.41) is 11.5. The van der Waals surface area contributed by atoms with Crippen LogP contribution < -0.4 is 9.67 Å². The fourth-order valence-electron chi connectivity index (χ4n) is 1.11. The third-order valence-corrected chi connectivity index (χ3v) is 1.74. The third kappa shape index (κ3) is 1.96. The molecule has 4 heteroatoms. The molecule has 1 aromatic heterocycles. The van der Waals surface area contributed by atoms with Gasteiger partial charge in [0.1, 0.15) is 12.4 Å². The summed E-state index contributed by atoms with van der Waals surface area (Å²) >= 11 is 0. The summed E-state index contributed by atoms with van der Waals surface area (Å²) < 4.78 is 3.49. The molecule has 4 nitrogen and oxygen atoms in total. The van der Waals surface area contributed by atoms with Crippen LogP contribution in [-0.4, -0.2) is 17.0 Å². The van der Waals surface area contributed by atoms with E-state index in [1.165, 1.54) is 0 Å². The van der Waals surface area contributed by atoms with Crippen LogP contribution in [0.2, 0.25) is 0 Å². The number of hydrogen-bond donors (Lipinski definition) is 0. The highest BCUT2D eigenvalue weighted by atomic mass is 16.3. The van der Waals surface area contributed by atoms with Crippen LogP contribution in [0.25, 0.3) is 0 Å². The molecular formula is C9H13N3O. The van der Waals surface area contributed by atoms with Gasteiger partial charge < -0.3 is 5.11 Å². The molecule has 0 spiro atoms. The van der Waals surface area contributed by atoms with Crippen molar-refractivity contribution < 1.29 is 9.67 Å². The first-order chi connectivity index (χ1) is 6.16. The van der Waals surface area contributed by atoms with Gasteiger partial charge in [-0.2, -0.15) is 0 Å². The number of aromatic nitrogens is 2. The van der Waals surface area contributed by atoms with Crippen molar-refractivity contribution in [2.75, 3.05) is 6.54 Å². The first kappa shape index (κ1) is 9.51. The van der Waals surface area contributed by atoms with Gasteiger partial charge in [-0.15, -0.1) is 6.58 Å². The predicted octanol–water partition coefficient (Wildman–Crippen LogP) is -0.857. The Labute approximate surface area is 77.5 Å². The van der Waals surface area contributed by atoms with E-state index in [-0.39, 0.29) is 5.90 Å². The van der Waals surface area contributed by atoms with E-state index in [2.05, 4.69) is 11.6 Å². The molecule has 0 aliphatic carbocycles. The van der Waals surface area contributed by atoms with Gasteiger partial charge in [-0.25, -0.2) is 9.13 Å². The quantitative estimate of drug-likeness (QED) is 0.258. The van der Waals surface area contributed by atoms with Crippen LogP contribution in [0, 0.1) is 0 Å². The zero-order chi connectivity index (χ0) is 9.84. The summed E-state index contributed by atoms with van der Waals surface area (Å²) in [6.07, 6.45) is 5.23. The van der Waals surface area contributed by atoms with Crippen LogP contribution >= 0.6 is 0 Å². The fourth-order valence-corrected chi connectivity index (χ4v) is 1.11. The van der Waals surface area contributed by atoms with Gasteiger partial charge in [0.05, 0.1) is 26.5 Å². The maximum absolute atomic E-state index is 11.5. The summed E-state index contributed by atoms with van der Waals surface area (Å²) in [6, 6.07) is 0. The van der Waals surface area contributed by atoms with Crippen molar-refractivity contribution >= 4 is 5.90 Å². The normalized spacial score (nSPS) is 11.7. The lowest BCUT2D eigenvalue weighted by Crippen LogP contribution is -2.40. The summed E-state index contributed by atoms with van der Waals surface area (Å²) in [6.45, 7) is 3.86. The summed E-state index contributed by atoms with van der Waals surface area (Å²) in [7, 11) is 3.63. The highest BCUT2D eigenvalue weighted by molar-refractivity contribution is 5.85. The van der Waals surface area contributed by atoms with Gasteiger partial charge >= 0.3 is 0 Å². The maximum atomic E-state index is 11.5. The van der Waals surface area contributed by atoms with Gasteiger partial charge in [-0.05, 0) is 0 Å². The standard InChI is InChI=1S/C9H13N3O/c1-4-5-10-8(13)9-11(2)6-7-12(9)3/h4,6-7H,1,5H2,2-3H3. The Hall–Kier alpha value is -1.58. The zero-order valence-electron chi connectivity index (χ0n) is 7.90.